The quantitative estimate of drug-likeness (QED) is 0.839. The second-order valence-corrected chi connectivity index (χ2v) is 7.10. The van der Waals surface area contributed by atoms with Gasteiger partial charge in [0.05, 0.1) is 6.07 Å². The van der Waals surface area contributed by atoms with E-state index < -0.39 is 0 Å². The largest absolute Gasteiger partial charge is 0.300 e. The van der Waals surface area contributed by atoms with Crippen molar-refractivity contribution in [3.8, 4) is 6.07 Å². The van der Waals surface area contributed by atoms with E-state index in [-0.39, 0.29) is 5.54 Å². The van der Waals surface area contributed by atoms with Crippen LogP contribution in [-0.4, -0.2) is 36.1 Å². The molecular weight excluding hydrogens is 258 g/mol. The highest BCUT2D eigenvalue weighted by molar-refractivity contribution is 5.11. The van der Waals surface area contributed by atoms with Gasteiger partial charge < -0.3 is 4.90 Å². The Hall–Kier alpha value is -0.590. The number of hydrogen-bond donors (Lipinski definition) is 1. The van der Waals surface area contributed by atoms with Crippen LogP contribution in [0.15, 0.2) is 0 Å². The summed E-state index contributed by atoms with van der Waals surface area (Å²) in [6, 6.07) is 3.22. The molecule has 2 rings (SSSR count). The first-order chi connectivity index (χ1) is 10.2. The molecule has 3 unspecified atom stereocenters. The molecule has 21 heavy (non-hydrogen) atoms. The molecule has 120 valence electrons. The van der Waals surface area contributed by atoms with E-state index in [9.17, 15) is 5.26 Å². The molecule has 1 saturated carbocycles. The Morgan fingerprint density at radius 3 is 2.76 bits per heavy atom. The maximum atomic E-state index is 9.63. The minimum Gasteiger partial charge on any atom is -0.300 e. The van der Waals surface area contributed by atoms with E-state index in [1.165, 1.54) is 58.0 Å². The van der Waals surface area contributed by atoms with Gasteiger partial charge in [0, 0.05) is 6.04 Å². The third-order valence-electron chi connectivity index (χ3n) is 5.55. The van der Waals surface area contributed by atoms with Gasteiger partial charge in [-0.1, -0.05) is 26.7 Å². The van der Waals surface area contributed by atoms with Crippen molar-refractivity contribution in [2.45, 2.75) is 83.2 Å². The van der Waals surface area contributed by atoms with Gasteiger partial charge in [-0.25, -0.2) is 0 Å². The summed E-state index contributed by atoms with van der Waals surface area (Å²) in [7, 11) is 0. The van der Waals surface area contributed by atoms with E-state index in [0.29, 0.717) is 6.04 Å². The molecule has 0 amide bonds. The Labute approximate surface area is 131 Å². The number of nitriles is 1. The lowest BCUT2D eigenvalue weighted by atomic mass is 9.79. The molecule has 1 N–H and O–H groups in total. The Kier molecular flexibility index (Phi) is 6.51. The summed E-state index contributed by atoms with van der Waals surface area (Å²) in [4.78, 5) is 2.71. The molecule has 0 spiro atoms. The Morgan fingerprint density at radius 1 is 1.19 bits per heavy atom. The third kappa shape index (κ3) is 4.44. The predicted octanol–water partition coefficient (Wildman–Crippen LogP) is 3.70. The van der Waals surface area contributed by atoms with Gasteiger partial charge in [0.15, 0.2) is 0 Å². The predicted molar refractivity (Wildman–Crippen MR) is 88.1 cm³/mol. The summed E-state index contributed by atoms with van der Waals surface area (Å²) in [6.45, 7) is 7.83. The minimum absolute atomic E-state index is 0.257. The lowest BCUT2D eigenvalue weighted by Gasteiger charge is -2.41. The van der Waals surface area contributed by atoms with Crippen LogP contribution in [0.4, 0.5) is 0 Å². The van der Waals surface area contributed by atoms with Crippen LogP contribution in [0.3, 0.4) is 0 Å². The maximum absolute atomic E-state index is 9.63. The average molecular weight is 291 g/mol. The molecule has 0 aromatic carbocycles. The number of likely N-dealkylation sites (tertiary alicyclic amines) is 1. The Balaban J connectivity index is 1.93. The third-order valence-corrected chi connectivity index (χ3v) is 5.55. The van der Waals surface area contributed by atoms with Gasteiger partial charge in [0.1, 0.15) is 5.54 Å². The van der Waals surface area contributed by atoms with Gasteiger partial charge in [-0.05, 0) is 70.5 Å². The molecule has 2 fully saturated rings. The lowest BCUT2D eigenvalue weighted by Crippen LogP contribution is -2.53. The molecule has 0 bridgehead atoms. The van der Waals surface area contributed by atoms with Crippen LogP contribution < -0.4 is 5.32 Å². The van der Waals surface area contributed by atoms with E-state index in [1.807, 2.05) is 0 Å². The van der Waals surface area contributed by atoms with Crippen LogP contribution >= 0.6 is 0 Å². The van der Waals surface area contributed by atoms with E-state index in [1.54, 1.807) is 0 Å². The first kappa shape index (κ1) is 16.8. The summed E-state index contributed by atoms with van der Waals surface area (Å²) < 4.78 is 0. The molecule has 1 saturated heterocycles. The van der Waals surface area contributed by atoms with Crippen molar-refractivity contribution in [2.24, 2.45) is 5.92 Å². The molecule has 3 nitrogen and oxygen atoms in total. The van der Waals surface area contributed by atoms with Crippen molar-refractivity contribution in [1.82, 2.24) is 10.2 Å². The highest BCUT2D eigenvalue weighted by Gasteiger charge is 2.38. The molecule has 1 heterocycles. The standard InChI is InChI=1S/C18H33N3/c1-3-7-16-8-6-12-21(13-10-16)17-9-5-11-18(14-17,15-19)20-4-2/h16-17,20H,3-14H2,1-2H3. The van der Waals surface area contributed by atoms with Crippen molar-refractivity contribution in [2.75, 3.05) is 19.6 Å². The number of rotatable bonds is 5. The normalized spacial score (nSPS) is 35.1. The maximum Gasteiger partial charge on any atom is 0.108 e. The summed E-state index contributed by atoms with van der Waals surface area (Å²) in [5.74, 6) is 0.943. The van der Waals surface area contributed by atoms with E-state index in [2.05, 4.69) is 30.1 Å². The Morgan fingerprint density at radius 2 is 2.05 bits per heavy atom. The van der Waals surface area contributed by atoms with Crippen LogP contribution in [0.2, 0.25) is 0 Å². The summed E-state index contributed by atoms with van der Waals surface area (Å²) >= 11 is 0. The lowest BCUT2D eigenvalue weighted by molar-refractivity contribution is 0.122. The van der Waals surface area contributed by atoms with Gasteiger partial charge >= 0.3 is 0 Å². The van der Waals surface area contributed by atoms with E-state index in [0.717, 1.165) is 25.3 Å². The first-order valence-corrected chi connectivity index (χ1v) is 9.13. The van der Waals surface area contributed by atoms with Crippen LogP contribution in [-0.2, 0) is 0 Å². The molecule has 2 aliphatic rings. The molecule has 3 atom stereocenters. The molecule has 3 heteroatoms. The van der Waals surface area contributed by atoms with Crippen LogP contribution in [0.25, 0.3) is 0 Å². The molecule has 0 aromatic rings. The fourth-order valence-electron chi connectivity index (χ4n) is 4.45. The topological polar surface area (TPSA) is 39.1 Å². The van der Waals surface area contributed by atoms with Gasteiger partial charge in [0.2, 0.25) is 0 Å². The van der Waals surface area contributed by atoms with Gasteiger partial charge in [-0.15, -0.1) is 0 Å². The van der Waals surface area contributed by atoms with E-state index in [4.69, 9.17) is 0 Å². The highest BCUT2D eigenvalue weighted by atomic mass is 15.2. The van der Waals surface area contributed by atoms with Crippen molar-refractivity contribution < 1.29 is 0 Å². The highest BCUT2D eigenvalue weighted by Crippen LogP contribution is 2.33. The minimum atomic E-state index is -0.257. The molecule has 1 aliphatic carbocycles. The van der Waals surface area contributed by atoms with Crippen LogP contribution in [0, 0.1) is 17.2 Å². The van der Waals surface area contributed by atoms with Crippen molar-refractivity contribution in [3.05, 3.63) is 0 Å². The van der Waals surface area contributed by atoms with Gasteiger partial charge in [0.25, 0.3) is 0 Å². The number of nitrogens with zero attached hydrogens (tertiary/aromatic N) is 2. The van der Waals surface area contributed by atoms with Gasteiger partial charge in [-0.2, -0.15) is 5.26 Å². The van der Waals surface area contributed by atoms with Crippen molar-refractivity contribution in [1.29, 1.82) is 5.26 Å². The smallest absolute Gasteiger partial charge is 0.108 e. The number of nitrogens with one attached hydrogen (secondary N) is 1. The molecule has 1 aliphatic heterocycles. The molecular formula is C18H33N3. The zero-order valence-electron chi connectivity index (χ0n) is 14.0. The fraction of sp³-hybridized carbons (Fsp3) is 0.944. The molecule has 0 radical (unpaired) electrons. The summed E-state index contributed by atoms with van der Waals surface area (Å²) in [5, 5.41) is 13.1. The van der Waals surface area contributed by atoms with Gasteiger partial charge in [-0.3, -0.25) is 5.32 Å². The summed E-state index contributed by atoms with van der Waals surface area (Å²) in [5.41, 5.74) is -0.257. The average Bonchev–Trinajstić information content (AvgIpc) is 2.74. The number of hydrogen-bond acceptors (Lipinski definition) is 3. The first-order valence-electron chi connectivity index (χ1n) is 9.13. The van der Waals surface area contributed by atoms with Crippen molar-refractivity contribution >= 4 is 0 Å². The zero-order chi connectivity index (χ0) is 15.1. The zero-order valence-corrected chi connectivity index (χ0v) is 14.0. The van der Waals surface area contributed by atoms with Crippen molar-refractivity contribution in [3.63, 3.8) is 0 Å². The summed E-state index contributed by atoms with van der Waals surface area (Å²) in [6.07, 6.45) is 11.4. The van der Waals surface area contributed by atoms with E-state index >= 15 is 0 Å². The Bertz CT molecular complexity index is 345. The monoisotopic (exact) mass is 291 g/mol. The van der Waals surface area contributed by atoms with Crippen LogP contribution in [0.5, 0.6) is 0 Å². The SMILES string of the molecule is CCCC1CCCN(C2CCCC(C#N)(NCC)C2)CC1. The fourth-order valence-corrected chi connectivity index (χ4v) is 4.45. The second-order valence-electron chi connectivity index (χ2n) is 7.10. The van der Waals surface area contributed by atoms with Crippen LogP contribution in [0.1, 0.15) is 71.6 Å². The second kappa shape index (κ2) is 8.15. The molecule has 0 aromatic heterocycles.